The lowest BCUT2D eigenvalue weighted by molar-refractivity contribution is -0.243. The molecule has 6 nitrogen and oxygen atoms in total. The number of benzene rings is 4. The number of alkyl halides is 2. The van der Waals surface area contributed by atoms with Gasteiger partial charge in [0.05, 0.1) is 33.0 Å². The van der Waals surface area contributed by atoms with Gasteiger partial charge in [-0.3, -0.25) is 4.79 Å². The molecular formula is C35H34Cl2O6. The van der Waals surface area contributed by atoms with Gasteiger partial charge in [0.1, 0.15) is 18.3 Å². The summed E-state index contributed by atoms with van der Waals surface area (Å²) in [6, 6.07) is 37.9. The van der Waals surface area contributed by atoms with Gasteiger partial charge in [-0.1, -0.05) is 145 Å². The van der Waals surface area contributed by atoms with Gasteiger partial charge in [-0.05, 0) is 22.3 Å². The van der Waals surface area contributed by atoms with Gasteiger partial charge in [-0.2, -0.15) is 0 Å². The van der Waals surface area contributed by atoms with Crippen molar-refractivity contribution < 1.29 is 28.8 Å². The minimum Gasteiger partial charge on any atom is -0.381 e. The normalized spacial score (nSPS) is 23.2. The Balaban J connectivity index is 1.48. The first-order valence-corrected chi connectivity index (χ1v) is 14.9. The molecule has 1 N–H and O–H groups in total. The maximum absolute atomic E-state index is 14.0. The number of Topliss-reactive ketones (excluding diaryl/α,β-unsaturated/α-hetero) is 1. The van der Waals surface area contributed by atoms with Gasteiger partial charge in [0.2, 0.25) is 10.1 Å². The third-order valence-corrected chi connectivity index (χ3v) is 8.47. The number of carbonyl (C=O) groups excluding carboxylic acids is 1. The predicted molar refractivity (Wildman–Crippen MR) is 166 cm³/mol. The fourth-order valence-electron chi connectivity index (χ4n) is 5.09. The molecule has 0 spiro atoms. The molecule has 0 radical (unpaired) electrons. The Morgan fingerprint density at radius 2 is 0.977 bits per heavy atom. The number of hydrogen-bond donors (Lipinski definition) is 1. The highest BCUT2D eigenvalue weighted by Crippen LogP contribution is 2.47. The first-order valence-electron chi connectivity index (χ1n) is 14.1. The molecule has 1 fully saturated rings. The van der Waals surface area contributed by atoms with Gasteiger partial charge in [0.25, 0.3) is 0 Å². The number of halogens is 2. The van der Waals surface area contributed by atoms with Crippen molar-refractivity contribution in [3.8, 4) is 0 Å². The number of ketones is 1. The molecule has 1 aliphatic rings. The number of aliphatic hydroxyl groups is 1. The molecule has 0 saturated heterocycles. The fourth-order valence-corrected chi connectivity index (χ4v) is 5.63. The van der Waals surface area contributed by atoms with Crippen LogP contribution in [0.25, 0.3) is 0 Å². The highest BCUT2D eigenvalue weighted by Gasteiger charge is 2.68. The van der Waals surface area contributed by atoms with Gasteiger partial charge >= 0.3 is 0 Å². The molecule has 0 bridgehead atoms. The van der Waals surface area contributed by atoms with Crippen LogP contribution in [0.3, 0.4) is 0 Å². The first-order chi connectivity index (χ1) is 20.9. The van der Waals surface area contributed by atoms with Crippen molar-refractivity contribution in [2.24, 2.45) is 0 Å². The molecule has 4 aromatic carbocycles. The Bertz CT molecular complexity index is 1420. The molecule has 8 heteroatoms. The summed E-state index contributed by atoms with van der Waals surface area (Å²) in [6.45, 7) is 0.0995. The lowest BCUT2D eigenvalue weighted by atomic mass is 9.76. The maximum atomic E-state index is 14.0. The maximum Gasteiger partial charge on any atom is 0.211 e. The van der Waals surface area contributed by atoms with Crippen LogP contribution in [0, 0.1) is 0 Å². The first kappa shape index (κ1) is 31.4. The second kappa shape index (κ2) is 14.6. The Labute approximate surface area is 262 Å². The molecule has 0 heterocycles. The molecule has 5 rings (SSSR count). The van der Waals surface area contributed by atoms with E-state index in [0.29, 0.717) is 0 Å². The SMILES string of the molecule is O=C1[C@H](OCc2ccccc2)[C@@H](OCc2ccccc2)[C@H](OCc2ccccc2)[C@@](O)(COCc2ccccc2)C1(Cl)Cl. The molecule has 4 aromatic rings. The summed E-state index contributed by atoms with van der Waals surface area (Å²) in [7, 11) is 0. The molecule has 0 aromatic heterocycles. The van der Waals surface area contributed by atoms with Crippen molar-refractivity contribution in [2.45, 2.75) is 54.7 Å². The molecule has 0 aliphatic heterocycles. The summed E-state index contributed by atoms with van der Waals surface area (Å²) < 4.78 is 22.6. The van der Waals surface area contributed by atoms with Crippen molar-refractivity contribution in [3.05, 3.63) is 144 Å². The molecule has 1 aliphatic carbocycles. The molecule has 224 valence electrons. The molecule has 43 heavy (non-hydrogen) atoms. The Morgan fingerprint density at radius 1 is 0.581 bits per heavy atom. The molecule has 0 unspecified atom stereocenters. The van der Waals surface area contributed by atoms with Gasteiger partial charge in [-0.15, -0.1) is 0 Å². The van der Waals surface area contributed by atoms with Crippen molar-refractivity contribution in [3.63, 3.8) is 0 Å². The summed E-state index contributed by atoms with van der Waals surface area (Å²) in [5.41, 5.74) is 1.26. The average molecular weight is 622 g/mol. The van der Waals surface area contributed by atoms with E-state index in [2.05, 4.69) is 0 Å². The standard InChI is InChI=1S/C35H34Cl2O6/c36-35(37)32(38)30(41-22-27-15-7-2-8-16-27)31(42-23-28-17-9-3-10-18-28)33(43-24-29-19-11-4-12-20-29)34(35,39)25-40-21-26-13-5-1-6-14-26/h1-20,30-31,33,39H,21-25H2/t30-,31-,33+,34+/m1/s1. The van der Waals surface area contributed by atoms with Crippen LogP contribution in [0.5, 0.6) is 0 Å². The average Bonchev–Trinajstić information content (AvgIpc) is 3.04. The minimum atomic E-state index is -2.33. The summed E-state index contributed by atoms with van der Waals surface area (Å²) in [4.78, 5) is 14.0. The number of rotatable bonds is 13. The van der Waals surface area contributed by atoms with Crippen LogP contribution in [-0.2, 0) is 50.2 Å². The monoisotopic (exact) mass is 620 g/mol. The molecular weight excluding hydrogens is 587 g/mol. The minimum absolute atomic E-state index is 0.0979. The van der Waals surface area contributed by atoms with Crippen LogP contribution in [0.4, 0.5) is 0 Å². The third kappa shape index (κ3) is 7.54. The van der Waals surface area contributed by atoms with E-state index in [1.54, 1.807) is 0 Å². The lowest BCUT2D eigenvalue weighted by Crippen LogP contribution is -2.74. The zero-order valence-corrected chi connectivity index (χ0v) is 25.1. The van der Waals surface area contributed by atoms with Gasteiger partial charge in [0.15, 0.2) is 5.60 Å². The summed E-state index contributed by atoms with van der Waals surface area (Å²) in [6.07, 6.45) is -3.52. The smallest absolute Gasteiger partial charge is 0.211 e. The van der Waals surface area contributed by atoms with E-state index in [1.165, 1.54) is 0 Å². The van der Waals surface area contributed by atoms with Crippen LogP contribution >= 0.6 is 23.2 Å². The van der Waals surface area contributed by atoms with Crippen LogP contribution in [0.1, 0.15) is 22.3 Å². The Hall–Kier alpha value is -3.07. The van der Waals surface area contributed by atoms with E-state index in [-0.39, 0.29) is 26.4 Å². The van der Waals surface area contributed by atoms with Gasteiger partial charge in [-0.25, -0.2) is 0 Å². The Kier molecular flexibility index (Phi) is 10.6. The van der Waals surface area contributed by atoms with Gasteiger partial charge < -0.3 is 24.1 Å². The molecule has 1 saturated carbocycles. The largest absolute Gasteiger partial charge is 0.381 e. The third-order valence-electron chi connectivity index (χ3n) is 7.44. The summed E-state index contributed by atoms with van der Waals surface area (Å²) in [5.74, 6) is -0.727. The number of hydrogen-bond acceptors (Lipinski definition) is 6. The van der Waals surface area contributed by atoms with E-state index >= 15 is 0 Å². The van der Waals surface area contributed by atoms with Crippen molar-refractivity contribution in [1.82, 2.24) is 0 Å². The van der Waals surface area contributed by atoms with Crippen molar-refractivity contribution in [1.29, 1.82) is 0 Å². The Morgan fingerprint density at radius 3 is 1.44 bits per heavy atom. The highest BCUT2D eigenvalue weighted by atomic mass is 35.5. The second-order valence-corrected chi connectivity index (χ2v) is 11.9. The van der Waals surface area contributed by atoms with E-state index < -0.39 is 40.6 Å². The zero-order chi connectivity index (χ0) is 30.1. The topological polar surface area (TPSA) is 74.2 Å². The summed E-state index contributed by atoms with van der Waals surface area (Å²) >= 11 is 13.6. The zero-order valence-electron chi connectivity index (χ0n) is 23.6. The van der Waals surface area contributed by atoms with E-state index in [1.807, 2.05) is 121 Å². The van der Waals surface area contributed by atoms with E-state index in [4.69, 9.17) is 42.1 Å². The highest BCUT2D eigenvalue weighted by molar-refractivity contribution is 6.60. The summed E-state index contributed by atoms with van der Waals surface area (Å²) in [5, 5.41) is 12.3. The predicted octanol–water partition coefficient (Wildman–Crippen LogP) is 6.45. The molecule has 4 atom stereocenters. The van der Waals surface area contributed by atoms with Crippen molar-refractivity contribution in [2.75, 3.05) is 6.61 Å². The van der Waals surface area contributed by atoms with E-state index in [0.717, 1.165) is 22.3 Å². The van der Waals surface area contributed by atoms with Crippen LogP contribution in [-0.4, -0.2) is 45.7 Å². The van der Waals surface area contributed by atoms with Crippen LogP contribution < -0.4 is 0 Å². The van der Waals surface area contributed by atoms with Crippen LogP contribution in [0.2, 0.25) is 0 Å². The van der Waals surface area contributed by atoms with E-state index in [9.17, 15) is 9.90 Å². The molecule has 0 amide bonds. The fraction of sp³-hybridized carbons (Fsp3) is 0.286. The second-order valence-electron chi connectivity index (χ2n) is 10.5. The van der Waals surface area contributed by atoms with Crippen molar-refractivity contribution >= 4 is 29.0 Å². The van der Waals surface area contributed by atoms with Crippen LogP contribution in [0.15, 0.2) is 121 Å². The lowest BCUT2D eigenvalue weighted by Gasteiger charge is -2.51. The number of carbonyl (C=O) groups is 1. The quantitative estimate of drug-likeness (QED) is 0.173. The van der Waals surface area contributed by atoms with Gasteiger partial charge in [0, 0.05) is 0 Å². The number of ether oxygens (including phenoxy) is 4.